The second-order valence-corrected chi connectivity index (χ2v) is 7.26. The first-order valence-electron chi connectivity index (χ1n) is 8.17. The molecule has 0 spiro atoms. The Balaban J connectivity index is 1.57. The fraction of sp³-hybridized carbons (Fsp3) is 0.158. The fourth-order valence-corrected chi connectivity index (χ4v) is 3.42. The maximum Gasteiger partial charge on any atom is 0.315 e. The number of carbonyl (C=O) groups is 1. The van der Waals surface area contributed by atoms with E-state index in [2.05, 4.69) is 15.6 Å². The Kier molecular flexibility index (Phi) is 6.39. The molecule has 27 heavy (non-hydrogen) atoms. The minimum atomic E-state index is -0.738. The molecule has 2 aromatic carbocycles. The van der Waals surface area contributed by atoms with Gasteiger partial charge in [-0.15, -0.1) is 11.3 Å². The Labute approximate surface area is 164 Å². The Morgan fingerprint density at radius 2 is 2.04 bits per heavy atom. The summed E-state index contributed by atoms with van der Waals surface area (Å²) in [5, 5.41) is 15.7. The van der Waals surface area contributed by atoms with Crippen molar-refractivity contribution in [3.63, 3.8) is 0 Å². The number of urea groups is 1. The van der Waals surface area contributed by atoms with E-state index in [-0.39, 0.29) is 11.6 Å². The highest BCUT2D eigenvalue weighted by molar-refractivity contribution is 7.15. The van der Waals surface area contributed by atoms with Gasteiger partial charge in [-0.1, -0.05) is 48.0 Å². The van der Waals surface area contributed by atoms with Crippen molar-refractivity contribution in [3.8, 4) is 10.6 Å². The fourth-order valence-electron chi connectivity index (χ4n) is 2.44. The molecule has 1 heterocycles. The van der Waals surface area contributed by atoms with E-state index in [1.807, 2.05) is 30.3 Å². The summed E-state index contributed by atoms with van der Waals surface area (Å²) < 4.78 is 13.6. The van der Waals surface area contributed by atoms with E-state index >= 15 is 0 Å². The number of aliphatic hydroxyl groups excluding tert-OH is 1. The van der Waals surface area contributed by atoms with Crippen molar-refractivity contribution in [1.82, 2.24) is 15.6 Å². The van der Waals surface area contributed by atoms with Crippen LogP contribution in [0.2, 0.25) is 5.02 Å². The van der Waals surface area contributed by atoms with Crippen LogP contribution in [0.3, 0.4) is 0 Å². The lowest BCUT2D eigenvalue weighted by atomic mass is 10.1. The zero-order valence-electron chi connectivity index (χ0n) is 14.2. The van der Waals surface area contributed by atoms with Crippen LogP contribution in [0.5, 0.6) is 0 Å². The van der Waals surface area contributed by atoms with E-state index in [4.69, 9.17) is 11.6 Å². The van der Waals surface area contributed by atoms with Gasteiger partial charge in [-0.25, -0.2) is 14.2 Å². The number of nitrogens with one attached hydrogen (secondary N) is 2. The van der Waals surface area contributed by atoms with E-state index in [0.717, 1.165) is 15.4 Å². The van der Waals surface area contributed by atoms with Gasteiger partial charge >= 0.3 is 6.03 Å². The van der Waals surface area contributed by atoms with Crippen molar-refractivity contribution in [1.29, 1.82) is 0 Å². The third-order valence-electron chi connectivity index (χ3n) is 3.83. The van der Waals surface area contributed by atoms with E-state index in [1.54, 1.807) is 12.3 Å². The van der Waals surface area contributed by atoms with Crippen molar-refractivity contribution >= 4 is 29.0 Å². The summed E-state index contributed by atoms with van der Waals surface area (Å²) in [6.07, 6.45) is 1.71. The third kappa shape index (κ3) is 5.03. The maximum absolute atomic E-state index is 13.6. The first-order chi connectivity index (χ1) is 13.1. The second kappa shape index (κ2) is 8.94. The zero-order chi connectivity index (χ0) is 19.2. The number of halogens is 2. The van der Waals surface area contributed by atoms with Crippen molar-refractivity contribution in [2.45, 2.75) is 12.6 Å². The molecule has 1 unspecified atom stereocenters. The van der Waals surface area contributed by atoms with E-state index in [1.165, 1.54) is 23.5 Å². The van der Waals surface area contributed by atoms with Crippen LogP contribution in [-0.2, 0) is 6.54 Å². The summed E-state index contributed by atoms with van der Waals surface area (Å²) in [4.78, 5) is 17.4. The molecule has 0 radical (unpaired) electrons. The third-order valence-corrected chi connectivity index (χ3v) is 5.18. The number of rotatable bonds is 6. The number of hydrogen-bond donors (Lipinski definition) is 3. The molecule has 1 aromatic heterocycles. The molecule has 2 amide bonds. The summed E-state index contributed by atoms with van der Waals surface area (Å²) in [6.45, 7) is -0.0728. The number of aliphatic hydroxyl groups is 1. The smallest absolute Gasteiger partial charge is 0.315 e. The van der Waals surface area contributed by atoms with Crippen molar-refractivity contribution in [2.24, 2.45) is 0 Å². The average molecular weight is 406 g/mol. The van der Waals surface area contributed by atoms with Crippen LogP contribution in [0.4, 0.5) is 9.18 Å². The highest BCUT2D eigenvalue weighted by Crippen LogP contribution is 2.24. The first-order valence-corrected chi connectivity index (χ1v) is 9.36. The number of hydrogen-bond acceptors (Lipinski definition) is 4. The van der Waals surface area contributed by atoms with Gasteiger partial charge in [0, 0.05) is 16.6 Å². The van der Waals surface area contributed by atoms with Crippen molar-refractivity contribution in [3.05, 3.63) is 76.0 Å². The Hall–Kier alpha value is -2.48. The van der Waals surface area contributed by atoms with Crippen molar-refractivity contribution in [2.75, 3.05) is 6.61 Å². The monoisotopic (exact) mass is 405 g/mol. The van der Waals surface area contributed by atoms with E-state index in [0.29, 0.717) is 12.1 Å². The summed E-state index contributed by atoms with van der Waals surface area (Å²) in [5.74, 6) is -0.604. The second-order valence-electron chi connectivity index (χ2n) is 5.73. The normalized spacial score (nSPS) is 11.8. The Morgan fingerprint density at radius 3 is 2.74 bits per heavy atom. The first kappa shape index (κ1) is 19.3. The Bertz CT molecular complexity index is 920. The molecule has 8 heteroatoms. The van der Waals surface area contributed by atoms with E-state index < -0.39 is 17.9 Å². The molecule has 0 aliphatic carbocycles. The molecule has 5 nitrogen and oxygen atoms in total. The molecule has 3 N–H and O–H groups in total. The summed E-state index contributed by atoms with van der Waals surface area (Å²) >= 11 is 7.14. The average Bonchev–Trinajstić information content (AvgIpc) is 3.16. The number of carbonyl (C=O) groups excluding carboxylic acids is 1. The van der Waals surface area contributed by atoms with Gasteiger partial charge in [0.15, 0.2) is 0 Å². The van der Waals surface area contributed by atoms with Crippen LogP contribution in [0, 0.1) is 5.82 Å². The van der Waals surface area contributed by atoms with Crippen molar-refractivity contribution < 1.29 is 14.3 Å². The number of benzene rings is 2. The lowest BCUT2D eigenvalue weighted by Gasteiger charge is -2.17. The highest BCUT2D eigenvalue weighted by atomic mass is 35.5. The van der Waals surface area contributed by atoms with Gasteiger partial charge in [0.1, 0.15) is 10.8 Å². The zero-order valence-corrected chi connectivity index (χ0v) is 15.7. The minimum Gasteiger partial charge on any atom is -0.394 e. The molecule has 3 aromatic rings. The molecule has 140 valence electrons. The van der Waals surface area contributed by atoms with Gasteiger partial charge in [-0.3, -0.25) is 0 Å². The standard InChI is InChI=1S/C19H17ClFN3O2S/c20-15-7-6-13(8-16(15)21)17(11-25)24-19(26)23-10-14-9-22-18(27-14)12-4-2-1-3-5-12/h1-9,17,25H,10-11H2,(H2,23,24,26). The molecule has 0 aliphatic rings. The van der Waals surface area contributed by atoms with Crippen LogP contribution < -0.4 is 10.6 Å². The highest BCUT2D eigenvalue weighted by Gasteiger charge is 2.15. The van der Waals surface area contributed by atoms with Gasteiger partial charge < -0.3 is 15.7 Å². The van der Waals surface area contributed by atoms with Gasteiger partial charge in [-0.2, -0.15) is 0 Å². The van der Waals surface area contributed by atoms with Crippen LogP contribution in [-0.4, -0.2) is 22.7 Å². The lowest BCUT2D eigenvalue weighted by molar-refractivity contribution is 0.216. The topological polar surface area (TPSA) is 74.2 Å². The molecular formula is C19H17ClFN3O2S. The van der Waals surface area contributed by atoms with Crippen LogP contribution >= 0.6 is 22.9 Å². The molecule has 1 atom stereocenters. The summed E-state index contributed by atoms with van der Waals surface area (Å²) in [7, 11) is 0. The molecule has 0 saturated carbocycles. The Morgan fingerprint density at radius 1 is 1.26 bits per heavy atom. The molecule has 0 saturated heterocycles. The van der Waals surface area contributed by atoms with Crippen LogP contribution in [0.15, 0.2) is 54.7 Å². The van der Waals surface area contributed by atoms with E-state index in [9.17, 15) is 14.3 Å². The predicted octanol–water partition coefficient (Wildman–Crippen LogP) is 4.14. The minimum absolute atomic E-state index is 0.0145. The van der Waals surface area contributed by atoms with Gasteiger partial charge in [0.2, 0.25) is 0 Å². The number of aromatic nitrogens is 1. The largest absolute Gasteiger partial charge is 0.394 e. The maximum atomic E-state index is 13.6. The summed E-state index contributed by atoms with van der Waals surface area (Å²) in [6, 6.07) is 12.7. The summed E-state index contributed by atoms with van der Waals surface area (Å²) in [5.41, 5.74) is 1.45. The van der Waals surface area contributed by atoms with Gasteiger partial charge in [0.25, 0.3) is 0 Å². The van der Waals surface area contributed by atoms with Crippen LogP contribution in [0.1, 0.15) is 16.5 Å². The van der Waals surface area contributed by atoms with Gasteiger partial charge in [0.05, 0.1) is 24.2 Å². The molecule has 3 rings (SSSR count). The molecule has 0 bridgehead atoms. The number of nitrogens with zero attached hydrogens (tertiary/aromatic N) is 1. The molecular weight excluding hydrogens is 389 g/mol. The molecule has 0 fully saturated rings. The number of thiazole rings is 1. The predicted molar refractivity (Wildman–Crippen MR) is 104 cm³/mol. The number of amides is 2. The quantitative estimate of drug-likeness (QED) is 0.577. The lowest BCUT2D eigenvalue weighted by Crippen LogP contribution is -2.38. The van der Waals surface area contributed by atoms with Crippen LogP contribution in [0.25, 0.3) is 10.6 Å². The molecule has 0 aliphatic heterocycles. The van der Waals surface area contributed by atoms with Gasteiger partial charge in [-0.05, 0) is 17.7 Å². The SMILES string of the molecule is O=C(NCc1cnc(-c2ccccc2)s1)NC(CO)c1ccc(Cl)c(F)c1.